The van der Waals surface area contributed by atoms with Gasteiger partial charge in [-0.15, -0.1) is 22.9 Å². The molecule has 11 heavy (non-hydrogen) atoms. The minimum absolute atomic E-state index is 0.691. The molecule has 0 saturated heterocycles. The molecule has 0 aliphatic rings. The lowest BCUT2D eigenvalue weighted by Gasteiger charge is -1.89. The normalized spacial score (nSPS) is 10.5. The highest BCUT2D eigenvalue weighted by atomic mass is 35.5. The van der Waals surface area contributed by atoms with E-state index in [2.05, 4.69) is 4.98 Å². The average Bonchev–Trinajstić information content (AvgIpc) is 2.33. The van der Waals surface area contributed by atoms with E-state index in [-0.39, 0.29) is 0 Å². The number of hydrogen-bond donors (Lipinski definition) is 0. The van der Waals surface area contributed by atoms with E-state index >= 15 is 0 Å². The predicted octanol–water partition coefficient (Wildman–Crippen LogP) is 2.95. The molecule has 4 heteroatoms. The molecule has 0 atom stereocenters. The smallest absolute Gasteiger partial charge is 0.150 e. The van der Waals surface area contributed by atoms with Crippen molar-refractivity contribution in [3.05, 3.63) is 10.6 Å². The molecule has 0 aromatic carbocycles. The summed E-state index contributed by atoms with van der Waals surface area (Å²) in [6.45, 7) is 2.04. The van der Waals surface area contributed by atoms with Crippen molar-refractivity contribution in [3.63, 3.8) is 0 Å². The minimum atomic E-state index is 0.691. The molecule has 62 valence electrons. The molecule has 1 aromatic heterocycles. The van der Waals surface area contributed by atoms with E-state index in [0.29, 0.717) is 5.88 Å². The van der Waals surface area contributed by atoms with Gasteiger partial charge in [-0.05, 0) is 19.6 Å². The Morgan fingerprint density at radius 2 is 2.36 bits per heavy atom. The fourth-order valence-corrected chi connectivity index (χ4v) is 2.76. The van der Waals surface area contributed by atoms with E-state index in [4.69, 9.17) is 11.6 Å². The second-order valence-electron chi connectivity index (χ2n) is 2.13. The molecule has 0 radical (unpaired) electrons. The van der Waals surface area contributed by atoms with Crippen LogP contribution >= 0.6 is 34.7 Å². The summed E-state index contributed by atoms with van der Waals surface area (Å²) in [4.78, 5) is 5.69. The van der Waals surface area contributed by atoms with Crippen LogP contribution in [0.5, 0.6) is 0 Å². The van der Waals surface area contributed by atoms with Gasteiger partial charge in [0.25, 0.3) is 0 Å². The van der Waals surface area contributed by atoms with Crippen LogP contribution < -0.4 is 0 Å². The molecule has 0 amide bonds. The fourth-order valence-electron chi connectivity index (χ4n) is 0.806. The lowest BCUT2D eigenvalue weighted by Crippen LogP contribution is -1.83. The Bertz CT molecular complexity index is 234. The van der Waals surface area contributed by atoms with E-state index in [1.165, 1.54) is 4.88 Å². The Kier molecular flexibility index (Phi) is 3.69. The first-order valence-corrected chi connectivity index (χ1v) is 5.91. The number of alkyl halides is 1. The van der Waals surface area contributed by atoms with Gasteiger partial charge in [-0.1, -0.05) is 11.8 Å². The zero-order valence-electron chi connectivity index (χ0n) is 6.56. The molecule has 1 heterocycles. The van der Waals surface area contributed by atoms with Gasteiger partial charge in [-0.25, -0.2) is 4.98 Å². The van der Waals surface area contributed by atoms with Crippen LogP contribution in [0.25, 0.3) is 0 Å². The van der Waals surface area contributed by atoms with Crippen molar-refractivity contribution in [1.29, 1.82) is 0 Å². The van der Waals surface area contributed by atoms with Gasteiger partial charge in [-0.2, -0.15) is 0 Å². The Morgan fingerprint density at radius 1 is 1.64 bits per heavy atom. The number of thiazole rings is 1. The molecule has 1 nitrogen and oxygen atoms in total. The van der Waals surface area contributed by atoms with Gasteiger partial charge in [0.2, 0.25) is 0 Å². The predicted molar refractivity (Wildman–Crippen MR) is 53.1 cm³/mol. The molecular formula is C7H10ClNS2. The Morgan fingerprint density at radius 3 is 2.82 bits per heavy atom. The van der Waals surface area contributed by atoms with Gasteiger partial charge in [0.1, 0.15) is 4.34 Å². The van der Waals surface area contributed by atoms with Crippen LogP contribution in [0.2, 0.25) is 0 Å². The number of thioether (sulfide) groups is 1. The van der Waals surface area contributed by atoms with Gasteiger partial charge in [0.05, 0.1) is 5.69 Å². The van der Waals surface area contributed by atoms with E-state index in [0.717, 1.165) is 16.5 Å². The first kappa shape index (κ1) is 9.36. The van der Waals surface area contributed by atoms with E-state index in [1.54, 1.807) is 23.1 Å². The number of nitrogens with zero attached hydrogens (tertiary/aromatic N) is 1. The molecule has 1 aromatic rings. The highest BCUT2D eigenvalue weighted by Crippen LogP contribution is 2.25. The van der Waals surface area contributed by atoms with Crippen molar-refractivity contribution in [1.82, 2.24) is 4.98 Å². The summed E-state index contributed by atoms with van der Waals surface area (Å²) in [6.07, 6.45) is 2.99. The maximum atomic E-state index is 5.63. The van der Waals surface area contributed by atoms with Crippen LogP contribution in [-0.2, 0) is 6.42 Å². The maximum absolute atomic E-state index is 5.63. The number of aryl methyl sites for hydroxylation is 2. The molecule has 0 saturated carbocycles. The van der Waals surface area contributed by atoms with E-state index in [1.807, 2.05) is 13.2 Å². The molecule has 0 aliphatic heterocycles. The van der Waals surface area contributed by atoms with E-state index < -0.39 is 0 Å². The van der Waals surface area contributed by atoms with Crippen molar-refractivity contribution in [3.8, 4) is 0 Å². The Hall–Kier alpha value is 0.270. The van der Waals surface area contributed by atoms with Gasteiger partial charge >= 0.3 is 0 Å². The van der Waals surface area contributed by atoms with Gasteiger partial charge in [-0.3, -0.25) is 0 Å². The van der Waals surface area contributed by atoms with Crippen LogP contribution in [0.1, 0.15) is 10.6 Å². The zero-order chi connectivity index (χ0) is 8.27. The highest BCUT2D eigenvalue weighted by molar-refractivity contribution is 8.00. The summed E-state index contributed by atoms with van der Waals surface area (Å²) >= 11 is 9.08. The average molecular weight is 208 g/mol. The number of rotatable bonds is 3. The van der Waals surface area contributed by atoms with Gasteiger partial charge < -0.3 is 0 Å². The first-order valence-electron chi connectivity index (χ1n) is 3.34. The Labute approximate surface area is 80.2 Å². The van der Waals surface area contributed by atoms with Crippen molar-refractivity contribution in [2.45, 2.75) is 17.7 Å². The summed E-state index contributed by atoms with van der Waals surface area (Å²) in [5.41, 5.74) is 1.14. The molecule has 0 spiro atoms. The molecular weight excluding hydrogens is 198 g/mol. The van der Waals surface area contributed by atoms with Crippen molar-refractivity contribution in [2.24, 2.45) is 0 Å². The summed E-state index contributed by atoms with van der Waals surface area (Å²) < 4.78 is 1.14. The second-order valence-corrected chi connectivity index (χ2v) is 4.65. The topological polar surface area (TPSA) is 12.9 Å². The summed E-state index contributed by atoms with van der Waals surface area (Å²) in [5.74, 6) is 0.691. The summed E-state index contributed by atoms with van der Waals surface area (Å²) in [5, 5.41) is 0. The number of halogens is 1. The lowest BCUT2D eigenvalue weighted by molar-refractivity contribution is 1.09. The van der Waals surface area contributed by atoms with Crippen molar-refractivity contribution < 1.29 is 0 Å². The van der Waals surface area contributed by atoms with Crippen LogP contribution in [0, 0.1) is 6.92 Å². The number of aromatic nitrogens is 1. The third-order valence-electron chi connectivity index (χ3n) is 1.37. The summed E-state index contributed by atoms with van der Waals surface area (Å²) in [7, 11) is 0. The van der Waals surface area contributed by atoms with Crippen LogP contribution in [0.15, 0.2) is 4.34 Å². The first-order chi connectivity index (χ1) is 5.27. The SMILES string of the molecule is CSc1nc(C)c(CCCl)s1. The highest BCUT2D eigenvalue weighted by Gasteiger charge is 2.04. The van der Waals surface area contributed by atoms with Crippen molar-refractivity contribution >= 4 is 34.7 Å². The minimum Gasteiger partial charge on any atom is -0.235 e. The van der Waals surface area contributed by atoms with Crippen LogP contribution in [0.3, 0.4) is 0 Å². The molecule has 0 aliphatic carbocycles. The van der Waals surface area contributed by atoms with Crippen LogP contribution in [-0.4, -0.2) is 17.1 Å². The third kappa shape index (κ3) is 2.36. The second kappa shape index (κ2) is 4.33. The van der Waals surface area contributed by atoms with E-state index in [9.17, 15) is 0 Å². The maximum Gasteiger partial charge on any atom is 0.150 e. The molecule has 0 bridgehead atoms. The molecule has 1 rings (SSSR count). The lowest BCUT2D eigenvalue weighted by atomic mass is 10.3. The summed E-state index contributed by atoms with van der Waals surface area (Å²) in [6, 6.07) is 0. The standard InChI is InChI=1S/C7H10ClNS2/c1-5-6(3-4-8)11-7(9-5)10-2/h3-4H2,1-2H3. The van der Waals surface area contributed by atoms with Crippen molar-refractivity contribution in [2.75, 3.05) is 12.1 Å². The van der Waals surface area contributed by atoms with Crippen LogP contribution in [0.4, 0.5) is 0 Å². The van der Waals surface area contributed by atoms with Gasteiger partial charge in [0, 0.05) is 10.8 Å². The fraction of sp³-hybridized carbons (Fsp3) is 0.571. The number of hydrogen-bond acceptors (Lipinski definition) is 3. The monoisotopic (exact) mass is 207 g/mol. The Balaban J connectivity index is 2.79. The third-order valence-corrected chi connectivity index (χ3v) is 3.76. The molecule has 0 fully saturated rings. The molecule has 0 unspecified atom stereocenters. The quantitative estimate of drug-likeness (QED) is 0.559. The largest absolute Gasteiger partial charge is 0.235 e. The molecule has 0 N–H and O–H groups in total. The van der Waals surface area contributed by atoms with Gasteiger partial charge in [0.15, 0.2) is 0 Å². The zero-order valence-corrected chi connectivity index (χ0v) is 8.94.